The first kappa shape index (κ1) is 9.72. The summed E-state index contributed by atoms with van der Waals surface area (Å²) in [7, 11) is 0. The van der Waals surface area contributed by atoms with E-state index in [-0.39, 0.29) is 0 Å². The summed E-state index contributed by atoms with van der Waals surface area (Å²) < 4.78 is 0. The third-order valence-electron chi connectivity index (χ3n) is 3.35. The average Bonchev–Trinajstić information content (AvgIpc) is 2.76. The van der Waals surface area contributed by atoms with Crippen LogP contribution in [0.1, 0.15) is 44.2 Å². The molecule has 0 spiro atoms. The second-order valence-electron chi connectivity index (χ2n) is 4.81. The van der Waals surface area contributed by atoms with Gasteiger partial charge in [-0.3, -0.25) is 0 Å². The molecule has 1 aliphatic rings. The molecule has 1 saturated carbocycles. The highest BCUT2D eigenvalue weighted by atomic mass is 16.3. The van der Waals surface area contributed by atoms with Gasteiger partial charge in [-0.2, -0.15) is 0 Å². The molecule has 1 heteroatoms. The molecule has 0 bridgehead atoms. The molecule has 76 valence electrons. The minimum atomic E-state index is -0.518. The number of hydrogen-bond donors (Lipinski definition) is 1. The van der Waals surface area contributed by atoms with E-state index < -0.39 is 5.60 Å². The van der Waals surface area contributed by atoms with Crippen LogP contribution in [0.5, 0.6) is 0 Å². The fourth-order valence-electron chi connectivity index (χ4n) is 1.97. The summed E-state index contributed by atoms with van der Waals surface area (Å²) in [5.74, 6) is 0.989. The van der Waals surface area contributed by atoms with Crippen LogP contribution in [-0.4, -0.2) is 5.11 Å². The van der Waals surface area contributed by atoms with Crippen LogP contribution in [0, 0.1) is 5.92 Å². The Morgan fingerprint density at radius 1 is 1.29 bits per heavy atom. The Balaban J connectivity index is 2.23. The van der Waals surface area contributed by atoms with Crippen molar-refractivity contribution in [2.45, 2.75) is 38.7 Å². The number of benzene rings is 1. The van der Waals surface area contributed by atoms with Gasteiger partial charge in [0, 0.05) is 0 Å². The van der Waals surface area contributed by atoms with Gasteiger partial charge in [0.15, 0.2) is 0 Å². The highest BCUT2D eigenvalue weighted by molar-refractivity contribution is 5.33. The third-order valence-corrected chi connectivity index (χ3v) is 3.35. The topological polar surface area (TPSA) is 20.2 Å². The number of rotatable bonds is 2. The van der Waals surface area contributed by atoms with Crippen molar-refractivity contribution in [1.29, 1.82) is 0 Å². The monoisotopic (exact) mass is 190 g/mol. The standard InChI is InChI=1S/C13H18O/c1-9(2)11-4-6-12(7-5-11)13(14)8-10(13)3/h4-7,9-10,14H,8H2,1-3H3. The Labute approximate surface area is 85.8 Å². The van der Waals surface area contributed by atoms with Crippen LogP contribution in [0.25, 0.3) is 0 Å². The summed E-state index contributed by atoms with van der Waals surface area (Å²) in [5, 5.41) is 10.1. The maximum Gasteiger partial charge on any atom is 0.0926 e. The van der Waals surface area contributed by atoms with Crippen molar-refractivity contribution in [1.82, 2.24) is 0 Å². The highest BCUT2D eigenvalue weighted by Crippen LogP contribution is 2.51. The number of hydrogen-bond acceptors (Lipinski definition) is 1. The van der Waals surface area contributed by atoms with Crippen LogP contribution in [0.4, 0.5) is 0 Å². The average molecular weight is 190 g/mol. The molecule has 0 heterocycles. The predicted molar refractivity (Wildman–Crippen MR) is 58.2 cm³/mol. The van der Waals surface area contributed by atoms with Gasteiger partial charge in [0.1, 0.15) is 0 Å². The Kier molecular flexibility index (Phi) is 2.15. The molecule has 2 unspecified atom stereocenters. The molecule has 1 aromatic rings. The van der Waals surface area contributed by atoms with Crippen molar-refractivity contribution in [3.8, 4) is 0 Å². The molecular formula is C13H18O. The van der Waals surface area contributed by atoms with Crippen molar-refractivity contribution >= 4 is 0 Å². The van der Waals surface area contributed by atoms with E-state index in [9.17, 15) is 5.11 Å². The lowest BCUT2D eigenvalue weighted by Gasteiger charge is -2.11. The zero-order valence-corrected chi connectivity index (χ0v) is 9.12. The van der Waals surface area contributed by atoms with Crippen LogP contribution < -0.4 is 0 Å². The molecule has 0 radical (unpaired) electrons. The van der Waals surface area contributed by atoms with Crippen LogP contribution in [-0.2, 0) is 5.60 Å². The highest BCUT2D eigenvalue weighted by Gasteiger charge is 2.50. The van der Waals surface area contributed by atoms with Gasteiger partial charge in [-0.05, 0) is 29.4 Å². The maximum atomic E-state index is 10.1. The van der Waals surface area contributed by atoms with Crippen molar-refractivity contribution in [3.63, 3.8) is 0 Å². The Morgan fingerprint density at radius 3 is 2.14 bits per heavy atom. The molecular weight excluding hydrogens is 172 g/mol. The van der Waals surface area contributed by atoms with Crippen molar-refractivity contribution in [2.75, 3.05) is 0 Å². The van der Waals surface area contributed by atoms with E-state index in [0.29, 0.717) is 11.8 Å². The first-order chi connectivity index (χ1) is 6.54. The summed E-state index contributed by atoms with van der Waals surface area (Å²) in [6.07, 6.45) is 0.911. The molecule has 1 nitrogen and oxygen atoms in total. The lowest BCUT2D eigenvalue weighted by Crippen LogP contribution is -2.07. The lowest BCUT2D eigenvalue weighted by atomic mass is 9.98. The van der Waals surface area contributed by atoms with Gasteiger partial charge >= 0.3 is 0 Å². The van der Waals surface area contributed by atoms with Gasteiger partial charge < -0.3 is 5.11 Å². The van der Waals surface area contributed by atoms with Gasteiger partial charge in [0.05, 0.1) is 5.60 Å². The Hall–Kier alpha value is -0.820. The molecule has 0 aromatic heterocycles. The third kappa shape index (κ3) is 1.46. The van der Waals surface area contributed by atoms with E-state index in [0.717, 1.165) is 12.0 Å². The minimum absolute atomic E-state index is 0.424. The van der Waals surface area contributed by atoms with Gasteiger partial charge in [0.25, 0.3) is 0 Å². The summed E-state index contributed by atoms with van der Waals surface area (Å²) in [5.41, 5.74) is 1.90. The first-order valence-electron chi connectivity index (χ1n) is 5.37. The van der Waals surface area contributed by atoms with Gasteiger partial charge in [-0.15, -0.1) is 0 Å². The molecule has 0 saturated heterocycles. The summed E-state index contributed by atoms with van der Waals surface area (Å²) in [4.78, 5) is 0. The lowest BCUT2D eigenvalue weighted by molar-refractivity contribution is 0.134. The second-order valence-corrected chi connectivity index (χ2v) is 4.81. The van der Waals surface area contributed by atoms with E-state index in [4.69, 9.17) is 0 Å². The molecule has 0 amide bonds. The molecule has 2 rings (SSSR count). The van der Waals surface area contributed by atoms with E-state index in [1.165, 1.54) is 5.56 Å². The van der Waals surface area contributed by atoms with E-state index in [1.54, 1.807) is 0 Å². The molecule has 1 fully saturated rings. The molecule has 1 aliphatic carbocycles. The zero-order chi connectivity index (χ0) is 10.3. The Bertz CT molecular complexity index is 326. The second kappa shape index (κ2) is 3.09. The summed E-state index contributed by atoms with van der Waals surface area (Å²) >= 11 is 0. The van der Waals surface area contributed by atoms with E-state index >= 15 is 0 Å². The summed E-state index contributed by atoms with van der Waals surface area (Å²) in [6.45, 7) is 6.46. The SMILES string of the molecule is CC(C)c1ccc(C2(O)CC2C)cc1. The van der Waals surface area contributed by atoms with Gasteiger partial charge in [0.2, 0.25) is 0 Å². The zero-order valence-electron chi connectivity index (χ0n) is 9.12. The molecule has 2 atom stereocenters. The van der Waals surface area contributed by atoms with Crippen molar-refractivity contribution < 1.29 is 5.11 Å². The van der Waals surface area contributed by atoms with Gasteiger partial charge in [-0.1, -0.05) is 45.0 Å². The van der Waals surface area contributed by atoms with Crippen molar-refractivity contribution in [3.05, 3.63) is 35.4 Å². The number of aliphatic hydroxyl groups is 1. The molecule has 1 N–H and O–H groups in total. The van der Waals surface area contributed by atoms with Crippen LogP contribution in [0.3, 0.4) is 0 Å². The fourth-order valence-corrected chi connectivity index (χ4v) is 1.97. The van der Waals surface area contributed by atoms with Gasteiger partial charge in [-0.25, -0.2) is 0 Å². The van der Waals surface area contributed by atoms with Crippen molar-refractivity contribution in [2.24, 2.45) is 5.92 Å². The minimum Gasteiger partial charge on any atom is -0.385 e. The Morgan fingerprint density at radius 2 is 1.79 bits per heavy atom. The van der Waals surface area contributed by atoms with E-state index in [1.807, 2.05) is 0 Å². The smallest absolute Gasteiger partial charge is 0.0926 e. The fraction of sp³-hybridized carbons (Fsp3) is 0.538. The molecule has 14 heavy (non-hydrogen) atoms. The largest absolute Gasteiger partial charge is 0.385 e. The first-order valence-corrected chi connectivity index (χ1v) is 5.37. The maximum absolute atomic E-state index is 10.1. The molecule has 0 aliphatic heterocycles. The van der Waals surface area contributed by atoms with E-state index in [2.05, 4.69) is 45.0 Å². The van der Waals surface area contributed by atoms with Crippen LogP contribution in [0.2, 0.25) is 0 Å². The van der Waals surface area contributed by atoms with Crippen LogP contribution in [0.15, 0.2) is 24.3 Å². The predicted octanol–water partition coefficient (Wildman–Crippen LogP) is 3.04. The quantitative estimate of drug-likeness (QED) is 0.760. The summed E-state index contributed by atoms with van der Waals surface area (Å²) in [6, 6.07) is 8.39. The normalized spacial score (nSPS) is 30.8. The molecule has 1 aromatic carbocycles. The van der Waals surface area contributed by atoms with Crippen LogP contribution >= 0.6 is 0 Å².